The average molecular weight is 301 g/mol. The minimum Gasteiger partial charge on any atom is -0.364 e. The lowest BCUT2D eigenvalue weighted by molar-refractivity contribution is -0.170. The first kappa shape index (κ1) is 15.5. The lowest BCUT2D eigenvalue weighted by atomic mass is 9.85. The van der Waals surface area contributed by atoms with Crippen LogP contribution in [0.3, 0.4) is 0 Å². The number of fused-ring (bicyclic) bond motifs is 1. The van der Waals surface area contributed by atoms with Crippen molar-refractivity contribution >= 4 is 17.4 Å². The van der Waals surface area contributed by atoms with Gasteiger partial charge in [-0.15, -0.1) is 0 Å². The van der Waals surface area contributed by atoms with Crippen molar-refractivity contribution in [3.05, 3.63) is 29.3 Å². The van der Waals surface area contributed by atoms with E-state index in [0.29, 0.717) is 11.3 Å². The molecule has 0 saturated carbocycles. The number of Topliss-reactive ketones (excluding diaryl/α,β-unsaturated/α-hetero) is 1. The molecule has 1 aliphatic rings. The molecule has 1 aromatic carbocycles. The molecule has 1 N–H and O–H groups in total. The third kappa shape index (κ3) is 3.24. The first-order valence-electron chi connectivity index (χ1n) is 6.25. The van der Waals surface area contributed by atoms with Crippen LogP contribution in [0.15, 0.2) is 18.2 Å². The molecule has 0 spiro atoms. The van der Waals surface area contributed by atoms with Crippen molar-refractivity contribution in [2.75, 3.05) is 18.5 Å². The topological polar surface area (TPSA) is 55.4 Å². The van der Waals surface area contributed by atoms with E-state index in [0.717, 1.165) is 0 Å². The second kappa shape index (κ2) is 5.14. The number of hydrogen-bond donors (Lipinski definition) is 1. The van der Waals surface area contributed by atoms with Crippen LogP contribution in [-0.2, 0) is 14.9 Å². The molecule has 1 amide bonds. The minimum atomic E-state index is -4.46. The van der Waals surface area contributed by atoms with Crippen molar-refractivity contribution in [3.63, 3.8) is 0 Å². The summed E-state index contributed by atoms with van der Waals surface area (Å²) in [7, 11) is 0. The van der Waals surface area contributed by atoms with Crippen LogP contribution in [0.5, 0.6) is 0 Å². The van der Waals surface area contributed by atoms with Gasteiger partial charge in [-0.05, 0) is 37.6 Å². The Bertz CT molecular complexity index is 594. The third-order valence-corrected chi connectivity index (χ3v) is 3.33. The number of ether oxygens (including phenoxy) is 1. The first-order chi connectivity index (χ1) is 9.61. The fraction of sp³-hybridized carbons (Fsp3) is 0.429. The number of hydrogen-bond acceptors (Lipinski definition) is 3. The number of benzene rings is 1. The van der Waals surface area contributed by atoms with Crippen LogP contribution in [-0.4, -0.2) is 31.1 Å². The largest absolute Gasteiger partial charge is 0.411 e. The monoisotopic (exact) mass is 301 g/mol. The zero-order chi connectivity index (χ0) is 15.8. The van der Waals surface area contributed by atoms with Gasteiger partial charge >= 0.3 is 6.18 Å². The van der Waals surface area contributed by atoms with E-state index in [1.165, 1.54) is 12.1 Å². The molecule has 0 unspecified atom stereocenters. The second-order valence-corrected chi connectivity index (χ2v) is 5.37. The predicted molar refractivity (Wildman–Crippen MR) is 69.3 cm³/mol. The number of amides is 1. The molecule has 4 nitrogen and oxygen atoms in total. The molecule has 0 fully saturated rings. The number of alkyl halides is 3. The molecule has 0 radical (unpaired) electrons. The summed E-state index contributed by atoms with van der Waals surface area (Å²) in [5.74, 6) is -0.743. The molecular weight excluding hydrogens is 287 g/mol. The number of carbonyl (C=O) groups is 2. The molecule has 0 aliphatic carbocycles. The van der Waals surface area contributed by atoms with Gasteiger partial charge in [0.25, 0.3) is 0 Å². The Balaban J connectivity index is 2.11. The molecule has 2 rings (SSSR count). The summed E-state index contributed by atoms with van der Waals surface area (Å²) in [5, 5.41) is 2.69. The molecule has 114 valence electrons. The predicted octanol–water partition coefficient (Wildman–Crippen LogP) is 2.68. The Morgan fingerprint density at radius 1 is 1.33 bits per heavy atom. The van der Waals surface area contributed by atoms with E-state index in [1.807, 2.05) is 0 Å². The van der Waals surface area contributed by atoms with Crippen molar-refractivity contribution < 1.29 is 27.5 Å². The number of nitrogens with one attached hydrogen (secondary N) is 1. The highest BCUT2D eigenvalue weighted by atomic mass is 19.4. The van der Waals surface area contributed by atoms with Crippen LogP contribution in [0.4, 0.5) is 18.9 Å². The van der Waals surface area contributed by atoms with Gasteiger partial charge in [-0.2, -0.15) is 13.2 Å². The number of ketones is 1. The quantitative estimate of drug-likeness (QED) is 0.870. The van der Waals surface area contributed by atoms with E-state index < -0.39 is 30.6 Å². The van der Waals surface area contributed by atoms with Crippen molar-refractivity contribution in [1.29, 1.82) is 0 Å². The van der Waals surface area contributed by atoms with Gasteiger partial charge in [0.1, 0.15) is 13.2 Å². The van der Waals surface area contributed by atoms with E-state index in [9.17, 15) is 22.8 Å². The summed E-state index contributed by atoms with van der Waals surface area (Å²) in [4.78, 5) is 23.6. The average Bonchev–Trinajstić information content (AvgIpc) is 2.58. The summed E-state index contributed by atoms with van der Waals surface area (Å²) >= 11 is 0. The maximum atomic E-state index is 12.0. The normalized spacial score (nSPS) is 16.5. The van der Waals surface area contributed by atoms with Crippen LogP contribution >= 0.6 is 0 Å². The first-order valence-corrected chi connectivity index (χ1v) is 6.25. The fourth-order valence-electron chi connectivity index (χ4n) is 2.09. The van der Waals surface area contributed by atoms with Crippen LogP contribution in [0.2, 0.25) is 0 Å². The van der Waals surface area contributed by atoms with Crippen molar-refractivity contribution in [3.8, 4) is 0 Å². The SMILES string of the molecule is CC1(C)C(=O)Nc2ccc(C(=O)COCC(F)(F)F)cc21. The summed E-state index contributed by atoms with van der Waals surface area (Å²) in [6, 6.07) is 4.55. The molecule has 1 aromatic rings. The summed E-state index contributed by atoms with van der Waals surface area (Å²) in [5.41, 5.74) is 0.700. The molecule has 7 heteroatoms. The number of rotatable bonds is 4. The molecular formula is C14H14F3NO3. The number of halogens is 3. The Kier molecular flexibility index (Phi) is 3.79. The summed E-state index contributed by atoms with van der Waals surface area (Å²) < 4.78 is 40.2. The Morgan fingerprint density at radius 2 is 2.00 bits per heavy atom. The molecule has 0 aromatic heterocycles. The Morgan fingerprint density at radius 3 is 2.62 bits per heavy atom. The fourth-order valence-corrected chi connectivity index (χ4v) is 2.09. The van der Waals surface area contributed by atoms with Gasteiger partial charge in [-0.3, -0.25) is 9.59 Å². The highest BCUT2D eigenvalue weighted by molar-refractivity contribution is 6.07. The van der Waals surface area contributed by atoms with E-state index in [-0.39, 0.29) is 11.5 Å². The Hall–Kier alpha value is -1.89. The molecule has 0 bridgehead atoms. The van der Waals surface area contributed by atoms with Gasteiger partial charge in [-0.25, -0.2) is 0 Å². The second-order valence-electron chi connectivity index (χ2n) is 5.37. The smallest absolute Gasteiger partial charge is 0.364 e. The van der Waals surface area contributed by atoms with E-state index in [1.54, 1.807) is 19.9 Å². The summed E-state index contributed by atoms with van der Waals surface area (Å²) in [6.45, 7) is 1.31. The lowest BCUT2D eigenvalue weighted by Crippen LogP contribution is -2.27. The van der Waals surface area contributed by atoms with E-state index in [2.05, 4.69) is 10.1 Å². The highest BCUT2D eigenvalue weighted by Gasteiger charge is 2.38. The molecule has 0 atom stereocenters. The maximum absolute atomic E-state index is 12.0. The van der Waals surface area contributed by atoms with E-state index in [4.69, 9.17) is 0 Å². The highest BCUT2D eigenvalue weighted by Crippen LogP contribution is 2.37. The number of carbonyl (C=O) groups excluding carboxylic acids is 2. The van der Waals surface area contributed by atoms with Crippen molar-refractivity contribution in [2.24, 2.45) is 0 Å². The van der Waals surface area contributed by atoms with Crippen molar-refractivity contribution in [2.45, 2.75) is 25.4 Å². The third-order valence-electron chi connectivity index (χ3n) is 3.33. The van der Waals surface area contributed by atoms with Crippen LogP contribution in [0.25, 0.3) is 0 Å². The van der Waals surface area contributed by atoms with Crippen LogP contribution in [0, 0.1) is 0 Å². The van der Waals surface area contributed by atoms with Crippen LogP contribution in [0.1, 0.15) is 29.8 Å². The maximum Gasteiger partial charge on any atom is 0.411 e. The number of anilines is 1. The van der Waals surface area contributed by atoms with Gasteiger partial charge in [-0.1, -0.05) is 0 Å². The van der Waals surface area contributed by atoms with Gasteiger partial charge in [0.05, 0.1) is 5.41 Å². The van der Waals surface area contributed by atoms with Gasteiger partial charge in [0.15, 0.2) is 5.78 Å². The van der Waals surface area contributed by atoms with Gasteiger partial charge in [0, 0.05) is 11.3 Å². The lowest BCUT2D eigenvalue weighted by Gasteiger charge is -2.15. The molecule has 21 heavy (non-hydrogen) atoms. The Labute approximate surface area is 119 Å². The van der Waals surface area contributed by atoms with Crippen LogP contribution < -0.4 is 5.32 Å². The minimum absolute atomic E-state index is 0.185. The van der Waals surface area contributed by atoms with E-state index >= 15 is 0 Å². The zero-order valence-corrected chi connectivity index (χ0v) is 11.5. The summed E-state index contributed by atoms with van der Waals surface area (Å²) in [6.07, 6.45) is -4.46. The molecule has 1 aliphatic heterocycles. The van der Waals surface area contributed by atoms with Gasteiger partial charge < -0.3 is 10.1 Å². The van der Waals surface area contributed by atoms with Crippen molar-refractivity contribution in [1.82, 2.24) is 0 Å². The zero-order valence-electron chi connectivity index (χ0n) is 11.5. The molecule has 0 saturated heterocycles. The standard InChI is InChI=1S/C14H14F3NO3/c1-13(2)9-5-8(3-4-10(9)18-12(13)20)11(19)6-21-7-14(15,16)17/h3-5H,6-7H2,1-2H3,(H,18,20). The molecule has 1 heterocycles. The van der Waals surface area contributed by atoms with Gasteiger partial charge in [0.2, 0.25) is 5.91 Å².